The molecule has 1 rings (SSSR count). The van der Waals surface area contributed by atoms with Crippen LogP contribution in [0.1, 0.15) is 0 Å². The maximum Gasteiger partial charge on any atom is 0.417 e. The van der Waals surface area contributed by atoms with E-state index in [1.165, 1.54) is 26.3 Å². The van der Waals surface area contributed by atoms with Crippen molar-refractivity contribution in [1.29, 1.82) is 0 Å². The Morgan fingerprint density at radius 3 is 2.47 bits per heavy atom. The number of benzene rings is 1. The molecule has 0 aliphatic rings. The third-order valence-corrected chi connectivity index (χ3v) is 2.66. The van der Waals surface area contributed by atoms with Gasteiger partial charge in [0.25, 0.3) is 0 Å². The van der Waals surface area contributed by atoms with E-state index in [1.54, 1.807) is 6.07 Å². The topological polar surface area (TPSA) is 58.6 Å². The normalized spacial score (nSPS) is 9.65. The lowest BCUT2D eigenvalue weighted by atomic mass is 10.3. The summed E-state index contributed by atoms with van der Waals surface area (Å²) in [5.41, 5.74) is 0.431. The average molecular weight is 277 g/mol. The molecule has 0 saturated carbocycles. The van der Waals surface area contributed by atoms with Crippen molar-refractivity contribution in [2.45, 2.75) is 0 Å². The third-order valence-electron chi connectivity index (χ3n) is 1.92. The summed E-state index contributed by atoms with van der Waals surface area (Å²) in [7, 11) is 2.48. The predicted molar refractivity (Wildman–Crippen MR) is 65.6 cm³/mol. The summed E-state index contributed by atoms with van der Waals surface area (Å²) in [5.74, 6) is 0. The van der Waals surface area contributed by atoms with Crippen molar-refractivity contribution >= 4 is 41.0 Å². The number of nitrogens with one attached hydrogen (secondary N) is 1. The maximum atomic E-state index is 11.5. The molecule has 0 bridgehead atoms. The number of hydrogen-bond donors (Lipinski definition) is 1. The van der Waals surface area contributed by atoms with E-state index in [0.29, 0.717) is 15.7 Å². The van der Waals surface area contributed by atoms with Crippen molar-refractivity contribution in [3.8, 4) is 0 Å². The highest BCUT2D eigenvalue weighted by atomic mass is 35.5. The van der Waals surface area contributed by atoms with Crippen molar-refractivity contribution in [2.24, 2.45) is 0 Å². The van der Waals surface area contributed by atoms with Crippen molar-refractivity contribution in [3.63, 3.8) is 0 Å². The lowest BCUT2D eigenvalue weighted by Gasteiger charge is -2.14. The SMILES string of the molecule is COC(=O)N(C)C(=O)Nc1ccc(Cl)c(Cl)c1. The molecule has 17 heavy (non-hydrogen) atoms. The molecule has 0 aliphatic heterocycles. The van der Waals surface area contributed by atoms with Gasteiger partial charge in [0.15, 0.2) is 0 Å². The second-order valence-corrected chi connectivity index (χ2v) is 3.90. The molecular weight excluding hydrogens is 267 g/mol. The third kappa shape index (κ3) is 3.51. The van der Waals surface area contributed by atoms with E-state index in [-0.39, 0.29) is 0 Å². The van der Waals surface area contributed by atoms with Crippen LogP contribution in [0.3, 0.4) is 0 Å². The highest BCUT2D eigenvalue weighted by Gasteiger charge is 2.17. The van der Waals surface area contributed by atoms with Gasteiger partial charge in [0.1, 0.15) is 0 Å². The molecule has 0 fully saturated rings. The average Bonchev–Trinajstić information content (AvgIpc) is 2.31. The summed E-state index contributed by atoms with van der Waals surface area (Å²) in [6.45, 7) is 0. The molecule has 1 aromatic rings. The van der Waals surface area contributed by atoms with Crippen molar-refractivity contribution < 1.29 is 14.3 Å². The summed E-state index contributed by atoms with van der Waals surface area (Å²) in [6.07, 6.45) is -0.762. The first-order valence-corrected chi connectivity index (χ1v) is 5.29. The number of methoxy groups -OCH3 is 1. The molecule has 0 unspecified atom stereocenters. The highest BCUT2D eigenvalue weighted by molar-refractivity contribution is 6.42. The van der Waals surface area contributed by atoms with E-state index < -0.39 is 12.1 Å². The molecule has 0 radical (unpaired) electrons. The first-order valence-electron chi connectivity index (χ1n) is 4.53. The molecule has 0 atom stereocenters. The summed E-state index contributed by atoms with van der Waals surface area (Å²) < 4.78 is 4.39. The van der Waals surface area contributed by atoms with Gasteiger partial charge < -0.3 is 10.1 Å². The van der Waals surface area contributed by atoms with E-state index in [2.05, 4.69) is 10.1 Å². The van der Waals surface area contributed by atoms with Crippen molar-refractivity contribution in [2.75, 3.05) is 19.5 Å². The Morgan fingerprint density at radius 1 is 1.29 bits per heavy atom. The number of carbonyl (C=O) groups is 2. The molecular formula is C10H10Cl2N2O3. The second-order valence-electron chi connectivity index (χ2n) is 3.09. The van der Waals surface area contributed by atoms with E-state index >= 15 is 0 Å². The van der Waals surface area contributed by atoms with Crippen LogP contribution < -0.4 is 5.32 Å². The van der Waals surface area contributed by atoms with Gasteiger partial charge in [0.05, 0.1) is 17.2 Å². The van der Waals surface area contributed by atoms with Crippen LogP contribution in [0.4, 0.5) is 15.3 Å². The summed E-state index contributed by atoms with van der Waals surface area (Å²) >= 11 is 11.5. The largest absolute Gasteiger partial charge is 0.452 e. The van der Waals surface area contributed by atoms with Crippen LogP contribution in [0.15, 0.2) is 18.2 Å². The zero-order valence-corrected chi connectivity index (χ0v) is 10.7. The highest BCUT2D eigenvalue weighted by Crippen LogP contribution is 2.25. The molecule has 3 amide bonds. The zero-order valence-electron chi connectivity index (χ0n) is 9.16. The molecule has 1 aromatic carbocycles. The molecule has 0 aromatic heterocycles. The Kier molecular flexibility index (Phi) is 4.60. The fraction of sp³-hybridized carbons (Fsp3) is 0.200. The molecule has 0 aliphatic carbocycles. The van der Waals surface area contributed by atoms with Crippen LogP contribution in [0.2, 0.25) is 10.0 Å². The van der Waals surface area contributed by atoms with Gasteiger partial charge in [-0.05, 0) is 18.2 Å². The van der Waals surface area contributed by atoms with Crippen LogP contribution >= 0.6 is 23.2 Å². The van der Waals surface area contributed by atoms with Crippen LogP contribution in [0.5, 0.6) is 0 Å². The minimum atomic E-state index is -0.762. The van der Waals surface area contributed by atoms with E-state index in [1.807, 2.05) is 0 Å². The molecule has 7 heteroatoms. The Morgan fingerprint density at radius 2 is 1.94 bits per heavy atom. The number of rotatable bonds is 1. The minimum Gasteiger partial charge on any atom is -0.452 e. The van der Waals surface area contributed by atoms with Gasteiger partial charge in [-0.25, -0.2) is 14.5 Å². The fourth-order valence-corrected chi connectivity index (χ4v) is 1.30. The van der Waals surface area contributed by atoms with E-state index in [0.717, 1.165) is 4.90 Å². The number of imide groups is 1. The minimum absolute atomic E-state index is 0.310. The number of amides is 3. The number of urea groups is 1. The molecule has 0 spiro atoms. The molecule has 0 heterocycles. The Bertz CT molecular complexity index is 451. The van der Waals surface area contributed by atoms with Crippen LogP contribution in [-0.2, 0) is 4.74 Å². The quantitative estimate of drug-likeness (QED) is 0.857. The maximum absolute atomic E-state index is 11.5. The lowest BCUT2D eigenvalue weighted by molar-refractivity contribution is 0.140. The van der Waals surface area contributed by atoms with Crippen LogP contribution in [0.25, 0.3) is 0 Å². The van der Waals surface area contributed by atoms with Gasteiger partial charge in [-0.15, -0.1) is 0 Å². The molecule has 0 saturated heterocycles. The number of anilines is 1. The zero-order chi connectivity index (χ0) is 13.0. The number of carbonyl (C=O) groups excluding carboxylic acids is 2. The number of hydrogen-bond acceptors (Lipinski definition) is 3. The van der Waals surface area contributed by atoms with Gasteiger partial charge in [-0.3, -0.25) is 0 Å². The van der Waals surface area contributed by atoms with Crippen molar-refractivity contribution in [1.82, 2.24) is 4.90 Å². The summed E-state index contributed by atoms with van der Waals surface area (Å²) in [4.78, 5) is 23.4. The smallest absolute Gasteiger partial charge is 0.417 e. The van der Waals surface area contributed by atoms with Gasteiger partial charge in [0, 0.05) is 12.7 Å². The van der Waals surface area contributed by atoms with E-state index in [9.17, 15) is 9.59 Å². The Balaban J connectivity index is 2.74. The lowest BCUT2D eigenvalue weighted by Crippen LogP contribution is -2.36. The molecule has 5 nitrogen and oxygen atoms in total. The molecule has 1 N–H and O–H groups in total. The van der Waals surface area contributed by atoms with Crippen LogP contribution in [-0.4, -0.2) is 31.2 Å². The number of halogens is 2. The first-order chi connectivity index (χ1) is 7.95. The standard InChI is InChI=1S/C10H10Cl2N2O3/c1-14(10(16)17-2)9(15)13-6-3-4-7(11)8(12)5-6/h3-5H,1-2H3,(H,13,15). The Hall–Kier alpha value is -1.46. The number of nitrogens with zero attached hydrogens (tertiary/aromatic N) is 1. The fourth-order valence-electron chi connectivity index (χ4n) is 1.00. The van der Waals surface area contributed by atoms with Crippen molar-refractivity contribution in [3.05, 3.63) is 28.2 Å². The summed E-state index contributed by atoms with van der Waals surface area (Å²) in [5, 5.41) is 3.16. The number of ether oxygens (including phenoxy) is 1. The van der Waals surface area contributed by atoms with Gasteiger partial charge in [-0.2, -0.15) is 0 Å². The second kappa shape index (κ2) is 5.75. The predicted octanol–water partition coefficient (Wildman–Crippen LogP) is 3.22. The van der Waals surface area contributed by atoms with E-state index in [4.69, 9.17) is 23.2 Å². The monoisotopic (exact) mass is 276 g/mol. The Labute approximate surface area is 108 Å². The molecule has 92 valence electrons. The van der Waals surface area contributed by atoms with Crippen LogP contribution in [0, 0.1) is 0 Å². The first kappa shape index (κ1) is 13.6. The van der Waals surface area contributed by atoms with Gasteiger partial charge in [0.2, 0.25) is 0 Å². The summed E-state index contributed by atoms with van der Waals surface area (Å²) in [6, 6.07) is 3.96. The van der Waals surface area contributed by atoms with Gasteiger partial charge in [-0.1, -0.05) is 23.2 Å². The van der Waals surface area contributed by atoms with Gasteiger partial charge >= 0.3 is 12.1 Å².